The van der Waals surface area contributed by atoms with Gasteiger partial charge in [-0.25, -0.2) is 18.7 Å². The van der Waals surface area contributed by atoms with Gasteiger partial charge in [0.25, 0.3) is 0 Å². The summed E-state index contributed by atoms with van der Waals surface area (Å²) in [7, 11) is 0. The Morgan fingerprint density at radius 3 is 2.66 bits per heavy atom. The van der Waals surface area contributed by atoms with Crippen molar-refractivity contribution in [1.82, 2.24) is 34.4 Å². The molecule has 1 fully saturated rings. The molecule has 0 N–H and O–H groups in total. The number of hydrogen-bond acceptors (Lipinski definition) is 8. The van der Waals surface area contributed by atoms with Crippen LogP contribution in [0.2, 0.25) is 0 Å². The lowest BCUT2D eigenvalue weighted by atomic mass is 9.98. The number of piperazine rings is 1. The number of carbonyl (C=O) groups is 1. The zero-order valence-corrected chi connectivity index (χ0v) is 23.8. The van der Waals surface area contributed by atoms with Crippen molar-refractivity contribution in [1.29, 1.82) is 0 Å². The first-order chi connectivity index (χ1) is 19.7. The molecular weight excluding hydrogens is 525 g/mol. The van der Waals surface area contributed by atoms with E-state index >= 15 is 4.39 Å². The number of aryl methyl sites for hydroxylation is 1. The SMILES string of the molecule is C=CC(=O)N1CCN(c2nc(=O)n3c4nc(c(F)cc24)-n2cc(nn2)CCCC(=C/C)/C3=C(\N=C)C(C)C)[C@@H](C)C1. The predicted molar refractivity (Wildman–Crippen MR) is 157 cm³/mol. The smallest absolute Gasteiger partial charge is 0.350 e. The maximum absolute atomic E-state index is 15.8. The Bertz CT molecular complexity index is 1670. The summed E-state index contributed by atoms with van der Waals surface area (Å²) in [6.07, 6.45) is 6.88. The van der Waals surface area contributed by atoms with Gasteiger partial charge in [-0.2, -0.15) is 9.67 Å². The Balaban J connectivity index is 1.84. The molecule has 2 aliphatic heterocycles. The molecule has 1 atom stereocenters. The minimum atomic E-state index is -0.630. The van der Waals surface area contributed by atoms with Gasteiger partial charge in [-0.3, -0.25) is 9.79 Å². The second-order valence-corrected chi connectivity index (χ2v) is 10.6. The van der Waals surface area contributed by atoms with Crippen molar-refractivity contribution < 1.29 is 9.18 Å². The number of rotatable bonds is 4. The second kappa shape index (κ2) is 11.2. The van der Waals surface area contributed by atoms with E-state index < -0.39 is 11.5 Å². The van der Waals surface area contributed by atoms with Gasteiger partial charge in [-0.05, 0) is 63.5 Å². The molecule has 3 aromatic rings. The molecule has 11 nitrogen and oxygen atoms in total. The van der Waals surface area contributed by atoms with Gasteiger partial charge in [0.15, 0.2) is 17.3 Å². The van der Waals surface area contributed by atoms with Crippen LogP contribution in [-0.4, -0.2) is 72.7 Å². The fourth-order valence-corrected chi connectivity index (χ4v) is 5.61. The molecule has 0 radical (unpaired) electrons. The first-order valence-corrected chi connectivity index (χ1v) is 13.8. The molecule has 0 saturated carbocycles. The lowest BCUT2D eigenvalue weighted by molar-refractivity contribution is -0.126. The maximum Gasteiger partial charge on any atom is 0.355 e. The molecule has 12 heteroatoms. The van der Waals surface area contributed by atoms with Crippen LogP contribution in [0.3, 0.4) is 0 Å². The number of nitrogens with zero attached hydrogens (tertiary/aromatic N) is 9. The lowest BCUT2D eigenvalue weighted by Gasteiger charge is -2.40. The Morgan fingerprint density at radius 1 is 1.22 bits per heavy atom. The van der Waals surface area contributed by atoms with Crippen molar-refractivity contribution >= 4 is 35.2 Å². The highest BCUT2D eigenvalue weighted by Gasteiger charge is 2.31. The molecule has 5 rings (SSSR count). The number of allylic oxidation sites excluding steroid dienone is 4. The quantitative estimate of drug-likeness (QED) is 0.355. The van der Waals surface area contributed by atoms with E-state index in [0.29, 0.717) is 60.8 Å². The average Bonchev–Trinajstić information content (AvgIpc) is 3.42. The number of aliphatic imine (C=N–C) groups is 1. The molecule has 41 heavy (non-hydrogen) atoms. The Kier molecular flexibility index (Phi) is 7.65. The van der Waals surface area contributed by atoms with E-state index in [2.05, 4.69) is 33.6 Å². The molecule has 4 bridgehead atoms. The zero-order chi connectivity index (χ0) is 29.4. The first-order valence-electron chi connectivity index (χ1n) is 13.8. The fourth-order valence-electron chi connectivity index (χ4n) is 5.61. The second-order valence-electron chi connectivity index (χ2n) is 10.6. The molecular formula is C29H34FN9O2. The van der Waals surface area contributed by atoms with Crippen LogP contribution in [-0.2, 0) is 11.2 Å². The van der Waals surface area contributed by atoms with E-state index in [1.165, 1.54) is 21.4 Å². The highest BCUT2D eigenvalue weighted by molar-refractivity contribution is 5.92. The highest BCUT2D eigenvalue weighted by atomic mass is 19.1. The van der Waals surface area contributed by atoms with E-state index in [1.807, 2.05) is 38.7 Å². The summed E-state index contributed by atoms with van der Waals surface area (Å²) in [5.74, 6) is -0.633. The summed E-state index contributed by atoms with van der Waals surface area (Å²) < 4.78 is 18.5. The van der Waals surface area contributed by atoms with E-state index in [1.54, 1.807) is 11.1 Å². The van der Waals surface area contributed by atoms with Crippen LogP contribution in [0.15, 0.2) is 52.1 Å². The molecule has 0 spiro atoms. The minimum Gasteiger partial charge on any atom is -0.350 e. The van der Waals surface area contributed by atoms with E-state index in [-0.39, 0.29) is 29.3 Å². The molecule has 1 saturated heterocycles. The van der Waals surface area contributed by atoms with Crippen molar-refractivity contribution in [2.24, 2.45) is 10.9 Å². The van der Waals surface area contributed by atoms with E-state index in [0.717, 1.165) is 12.0 Å². The van der Waals surface area contributed by atoms with Gasteiger partial charge in [0.05, 0.1) is 28.7 Å². The van der Waals surface area contributed by atoms with Crippen molar-refractivity contribution in [3.63, 3.8) is 0 Å². The van der Waals surface area contributed by atoms with Crippen LogP contribution in [0.5, 0.6) is 0 Å². The number of aromatic nitrogens is 6. The standard InChI is InChI=1S/C29H34FN9O2/c1-7-19-10-9-11-20-16-38(35-34-20)28-22(30)14-21-26(37-13-12-36(15-18(37)5)23(40)8-2)33-29(41)39(27(21)32-28)25(19)24(31-6)17(3)4/h7-8,14,16-18H,2,6,9-13,15H2,1,3-5H3/b19-7-,25-24+/t18-/m0/s1. The van der Waals surface area contributed by atoms with Gasteiger partial charge in [-0.15, -0.1) is 5.10 Å². The molecule has 2 aliphatic rings. The molecule has 3 aromatic heterocycles. The summed E-state index contributed by atoms with van der Waals surface area (Å²) >= 11 is 0. The van der Waals surface area contributed by atoms with Crippen molar-refractivity contribution in [2.75, 3.05) is 24.5 Å². The summed E-state index contributed by atoms with van der Waals surface area (Å²) in [5, 5.41) is 8.70. The van der Waals surface area contributed by atoms with Crippen LogP contribution in [0.1, 0.15) is 46.2 Å². The fraction of sp³-hybridized carbons (Fsp3) is 0.414. The third-order valence-corrected chi connectivity index (χ3v) is 7.64. The third kappa shape index (κ3) is 4.98. The minimum absolute atomic E-state index is 0.0735. The highest BCUT2D eigenvalue weighted by Crippen LogP contribution is 2.34. The van der Waals surface area contributed by atoms with Gasteiger partial charge in [0.2, 0.25) is 5.91 Å². The number of pyridine rings is 1. The number of hydrogen-bond donors (Lipinski definition) is 0. The Morgan fingerprint density at radius 2 is 2.00 bits per heavy atom. The third-order valence-electron chi connectivity index (χ3n) is 7.64. The first kappa shape index (κ1) is 28.1. The van der Waals surface area contributed by atoms with Crippen LogP contribution < -0.4 is 10.6 Å². The van der Waals surface area contributed by atoms with Gasteiger partial charge < -0.3 is 9.80 Å². The van der Waals surface area contributed by atoms with Gasteiger partial charge in [-0.1, -0.05) is 31.7 Å². The molecule has 1 amide bonds. The van der Waals surface area contributed by atoms with E-state index in [9.17, 15) is 9.59 Å². The number of halogens is 1. The van der Waals surface area contributed by atoms with Crippen molar-refractivity contribution in [3.8, 4) is 5.82 Å². The van der Waals surface area contributed by atoms with E-state index in [4.69, 9.17) is 4.98 Å². The van der Waals surface area contributed by atoms with Crippen molar-refractivity contribution in [3.05, 3.63) is 64.3 Å². The molecule has 214 valence electrons. The summed E-state index contributed by atoms with van der Waals surface area (Å²) in [6, 6.07) is 1.15. The Hall–Kier alpha value is -4.48. The van der Waals surface area contributed by atoms with Crippen LogP contribution in [0.25, 0.3) is 22.5 Å². The topological polar surface area (TPSA) is 114 Å². The monoisotopic (exact) mass is 559 g/mol. The lowest BCUT2D eigenvalue weighted by Crippen LogP contribution is -2.54. The summed E-state index contributed by atoms with van der Waals surface area (Å²) in [6.45, 7) is 16.4. The largest absolute Gasteiger partial charge is 0.355 e. The average molecular weight is 560 g/mol. The van der Waals surface area contributed by atoms with Gasteiger partial charge >= 0.3 is 5.69 Å². The van der Waals surface area contributed by atoms with Gasteiger partial charge in [0, 0.05) is 25.7 Å². The molecule has 0 unspecified atom stereocenters. The Labute approximate surface area is 237 Å². The molecule has 5 heterocycles. The predicted octanol–water partition coefficient (Wildman–Crippen LogP) is 3.54. The zero-order valence-electron chi connectivity index (χ0n) is 23.8. The number of anilines is 1. The summed E-state index contributed by atoms with van der Waals surface area (Å²) in [4.78, 5) is 43.5. The van der Waals surface area contributed by atoms with Crippen LogP contribution in [0, 0.1) is 11.7 Å². The molecule has 0 aromatic carbocycles. The van der Waals surface area contributed by atoms with Crippen LogP contribution in [0.4, 0.5) is 10.2 Å². The normalized spacial score (nSPS) is 19.9. The number of carbonyl (C=O) groups excluding carboxylic acids is 1. The number of fused-ring (bicyclic) bond motifs is 4. The molecule has 0 aliphatic carbocycles. The van der Waals surface area contributed by atoms with Crippen molar-refractivity contribution in [2.45, 2.75) is 53.0 Å². The number of amides is 1. The van der Waals surface area contributed by atoms with Crippen LogP contribution >= 0.6 is 0 Å². The van der Waals surface area contributed by atoms with Gasteiger partial charge in [0.1, 0.15) is 5.82 Å². The maximum atomic E-state index is 15.8. The summed E-state index contributed by atoms with van der Waals surface area (Å²) in [5.41, 5.74) is 2.42.